The molecular formula is C17H14Cl2N2O4. The number of carbonyl (C=O) groups is 3. The van der Waals surface area contributed by atoms with Crippen molar-refractivity contribution in [3.8, 4) is 0 Å². The van der Waals surface area contributed by atoms with Crippen molar-refractivity contribution in [1.29, 1.82) is 0 Å². The van der Waals surface area contributed by atoms with E-state index in [1.54, 1.807) is 30.3 Å². The van der Waals surface area contributed by atoms with Crippen molar-refractivity contribution in [2.24, 2.45) is 0 Å². The molecule has 6 nitrogen and oxygen atoms in total. The fraction of sp³-hybridized carbons (Fsp3) is 0.118. The second kappa shape index (κ2) is 8.50. The molecule has 0 aromatic heterocycles. The number of nitrogens with one attached hydrogen (secondary N) is 2. The van der Waals surface area contributed by atoms with Gasteiger partial charge in [-0.1, -0.05) is 29.3 Å². The van der Waals surface area contributed by atoms with Gasteiger partial charge in [-0.3, -0.25) is 9.59 Å². The lowest BCUT2D eigenvalue weighted by atomic mass is 10.2. The summed E-state index contributed by atoms with van der Waals surface area (Å²) in [6, 6.07) is 11.1. The summed E-state index contributed by atoms with van der Waals surface area (Å²) in [5.41, 5.74) is 1.11. The van der Waals surface area contributed by atoms with Crippen molar-refractivity contribution in [2.45, 2.75) is 6.92 Å². The number of hydrogen-bond acceptors (Lipinski definition) is 4. The Kier molecular flexibility index (Phi) is 6.38. The second-order valence-corrected chi connectivity index (χ2v) is 5.79. The van der Waals surface area contributed by atoms with Crippen LogP contribution in [0.25, 0.3) is 0 Å². The molecule has 2 aromatic rings. The van der Waals surface area contributed by atoms with Gasteiger partial charge in [-0.25, -0.2) is 4.79 Å². The van der Waals surface area contributed by atoms with Gasteiger partial charge in [0.2, 0.25) is 5.91 Å². The zero-order valence-corrected chi connectivity index (χ0v) is 14.6. The summed E-state index contributed by atoms with van der Waals surface area (Å²) < 4.78 is 4.92. The lowest BCUT2D eigenvalue weighted by molar-refractivity contribution is -0.119. The molecule has 0 saturated heterocycles. The molecule has 0 aliphatic carbocycles. The molecule has 0 heterocycles. The van der Waals surface area contributed by atoms with Gasteiger partial charge in [-0.2, -0.15) is 0 Å². The van der Waals surface area contributed by atoms with E-state index < -0.39 is 18.5 Å². The predicted molar refractivity (Wildman–Crippen MR) is 96.1 cm³/mol. The Hall–Kier alpha value is -2.57. The van der Waals surface area contributed by atoms with Gasteiger partial charge in [0.25, 0.3) is 5.91 Å². The first-order valence-electron chi connectivity index (χ1n) is 7.15. The molecule has 0 saturated carbocycles. The third-order valence-electron chi connectivity index (χ3n) is 2.99. The SMILES string of the molecule is CC(=O)Nc1ccc(NC(=O)COC(=O)c2c(Cl)cccc2Cl)cc1. The minimum absolute atomic E-state index is 0.0123. The highest BCUT2D eigenvalue weighted by atomic mass is 35.5. The number of carbonyl (C=O) groups excluding carboxylic acids is 3. The molecule has 0 unspecified atom stereocenters. The van der Waals surface area contributed by atoms with Crippen molar-refractivity contribution in [1.82, 2.24) is 0 Å². The number of anilines is 2. The molecule has 0 fully saturated rings. The zero-order chi connectivity index (χ0) is 18.4. The molecule has 0 spiro atoms. The average molecular weight is 381 g/mol. The van der Waals surface area contributed by atoms with Gasteiger partial charge >= 0.3 is 5.97 Å². The van der Waals surface area contributed by atoms with Crippen LogP contribution in [0.2, 0.25) is 10.0 Å². The lowest BCUT2D eigenvalue weighted by Gasteiger charge is -2.09. The van der Waals surface area contributed by atoms with E-state index in [0.717, 1.165) is 0 Å². The van der Waals surface area contributed by atoms with Crippen LogP contribution in [-0.2, 0) is 14.3 Å². The molecule has 8 heteroatoms. The normalized spacial score (nSPS) is 10.0. The van der Waals surface area contributed by atoms with Crippen LogP contribution < -0.4 is 10.6 Å². The molecule has 2 amide bonds. The van der Waals surface area contributed by atoms with Crippen LogP contribution in [0.3, 0.4) is 0 Å². The number of halogens is 2. The van der Waals surface area contributed by atoms with E-state index in [9.17, 15) is 14.4 Å². The van der Waals surface area contributed by atoms with E-state index >= 15 is 0 Å². The van der Waals surface area contributed by atoms with E-state index in [-0.39, 0.29) is 21.5 Å². The molecule has 2 rings (SSSR count). The highest BCUT2D eigenvalue weighted by Crippen LogP contribution is 2.24. The number of ether oxygens (including phenoxy) is 1. The first kappa shape index (κ1) is 18.8. The quantitative estimate of drug-likeness (QED) is 0.773. The molecule has 2 N–H and O–H groups in total. The standard InChI is InChI=1S/C17H14Cl2N2O4/c1-10(22)20-11-5-7-12(8-6-11)21-15(23)9-25-17(24)16-13(18)3-2-4-14(16)19/h2-8H,9H2,1H3,(H,20,22)(H,21,23). The Labute approximate surface area is 154 Å². The topological polar surface area (TPSA) is 84.5 Å². The van der Waals surface area contributed by atoms with Gasteiger partial charge in [0.1, 0.15) is 0 Å². The Morgan fingerprint density at radius 1 is 0.920 bits per heavy atom. The summed E-state index contributed by atoms with van der Waals surface area (Å²) in [4.78, 5) is 34.8. The van der Waals surface area contributed by atoms with Gasteiger partial charge in [0.05, 0.1) is 15.6 Å². The van der Waals surface area contributed by atoms with Crippen molar-refractivity contribution in [2.75, 3.05) is 17.2 Å². The molecule has 130 valence electrons. The summed E-state index contributed by atoms with van der Waals surface area (Å²) in [5.74, 6) is -1.50. The van der Waals surface area contributed by atoms with Crippen LogP contribution in [0, 0.1) is 0 Å². The smallest absolute Gasteiger partial charge is 0.341 e. The van der Waals surface area contributed by atoms with Crippen LogP contribution in [0.15, 0.2) is 42.5 Å². The Morgan fingerprint density at radius 3 is 1.96 bits per heavy atom. The van der Waals surface area contributed by atoms with Crippen LogP contribution >= 0.6 is 23.2 Å². The third kappa shape index (κ3) is 5.48. The fourth-order valence-electron chi connectivity index (χ4n) is 1.93. The molecule has 2 aromatic carbocycles. The van der Waals surface area contributed by atoms with Crippen LogP contribution in [-0.4, -0.2) is 24.4 Å². The molecular weight excluding hydrogens is 367 g/mol. The van der Waals surface area contributed by atoms with Crippen molar-refractivity contribution >= 4 is 52.4 Å². The summed E-state index contributed by atoms with van der Waals surface area (Å²) in [7, 11) is 0. The highest BCUT2D eigenvalue weighted by Gasteiger charge is 2.17. The minimum Gasteiger partial charge on any atom is -0.452 e. The molecule has 0 aliphatic heterocycles. The Bertz CT molecular complexity index is 787. The predicted octanol–water partition coefficient (Wildman–Crippen LogP) is 3.75. The fourth-order valence-corrected chi connectivity index (χ4v) is 2.49. The number of benzene rings is 2. The van der Waals surface area contributed by atoms with Gasteiger partial charge in [-0.05, 0) is 36.4 Å². The maximum absolute atomic E-state index is 12.0. The largest absolute Gasteiger partial charge is 0.452 e. The first-order valence-corrected chi connectivity index (χ1v) is 7.91. The number of esters is 1. The van der Waals surface area contributed by atoms with Crippen molar-refractivity contribution in [3.05, 3.63) is 58.1 Å². The third-order valence-corrected chi connectivity index (χ3v) is 3.62. The van der Waals surface area contributed by atoms with Crippen molar-refractivity contribution < 1.29 is 19.1 Å². The van der Waals surface area contributed by atoms with Crippen LogP contribution in [0.1, 0.15) is 17.3 Å². The minimum atomic E-state index is -0.785. The van der Waals surface area contributed by atoms with Crippen LogP contribution in [0.5, 0.6) is 0 Å². The van der Waals surface area contributed by atoms with Crippen molar-refractivity contribution in [3.63, 3.8) is 0 Å². The number of rotatable bonds is 5. The molecule has 0 atom stereocenters. The number of amides is 2. The number of hydrogen-bond donors (Lipinski definition) is 2. The molecule has 0 aliphatic rings. The Morgan fingerprint density at radius 2 is 1.44 bits per heavy atom. The Balaban J connectivity index is 1.90. The van der Waals surface area contributed by atoms with Gasteiger partial charge in [-0.15, -0.1) is 0 Å². The van der Waals surface area contributed by atoms with Gasteiger partial charge < -0.3 is 15.4 Å². The van der Waals surface area contributed by atoms with E-state index in [4.69, 9.17) is 27.9 Å². The molecule has 25 heavy (non-hydrogen) atoms. The van der Waals surface area contributed by atoms with E-state index in [1.165, 1.54) is 19.1 Å². The lowest BCUT2D eigenvalue weighted by Crippen LogP contribution is -2.21. The maximum atomic E-state index is 12.0. The summed E-state index contributed by atoms with van der Waals surface area (Å²) in [6.45, 7) is 0.906. The zero-order valence-electron chi connectivity index (χ0n) is 13.1. The van der Waals surface area contributed by atoms with Gasteiger partial charge in [0, 0.05) is 18.3 Å². The summed E-state index contributed by atoms with van der Waals surface area (Å²) in [5, 5.41) is 5.46. The average Bonchev–Trinajstić information content (AvgIpc) is 2.54. The highest BCUT2D eigenvalue weighted by molar-refractivity contribution is 6.39. The molecule has 0 radical (unpaired) electrons. The summed E-state index contributed by atoms with van der Waals surface area (Å²) in [6.07, 6.45) is 0. The van der Waals surface area contributed by atoms with E-state index in [0.29, 0.717) is 11.4 Å². The maximum Gasteiger partial charge on any atom is 0.341 e. The van der Waals surface area contributed by atoms with E-state index in [2.05, 4.69) is 10.6 Å². The van der Waals surface area contributed by atoms with Gasteiger partial charge in [0.15, 0.2) is 6.61 Å². The second-order valence-electron chi connectivity index (χ2n) is 4.98. The molecule has 0 bridgehead atoms. The van der Waals surface area contributed by atoms with Crippen LogP contribution in [0.4, 0.5) is 11.4 Å². The van der Waals surface area contributed by atoms with E-state index in [1.807, 2.05) is 0 Å². The monoisotopic (exact) mass is 380 g/mol. The summed E-state index contributed by atoms with van der Waals surface area (Å²) >= 11 is 11.8. The first-order chi connectivity index (χ1) is 11.9.